The number of hydrogen-bond acceptors (Lipinski definition) is 2. The van der Waals surface area contributed by atoms with Crippen LogP contribution in [0.3, 0.4) is 0 Å². The van der Waals surface area contributed by atoms with Crippen molar-refractivity contribution >= 4 is 11.8 Å². The van der Waals surface area contributed by atoms with Crippen LogP contribution in [0.2, 0.25) is 0 Å². The van der Waals surface area contributed by atoms with E-state index in [-0.39, 0.29) is 24.4 Å². The van der Waals surface area contributed by atoms with E-state index in [0.29, 0.717) is 5.56 Å². The van der Waals surface area contributed by atoms with Crippen LogP contribution in [0.4, 0.5) is 0 Å². The van der Waals surface area contributed by atoms with E-state index in [4.69, 9.17) is 0 Å². The summed E-state index contributed by atoms with van der Waals surface area (Å²) in [6.07, 6.45) is 3.07. The molecule has 2 aromatic carbocycles. The van der Waals surface area contributed by atoms with Crippen LogP contribution in [-0.4, -0.2) is 18.4 Å². The van der Waals surface area contributed by atoms with Gasteiger partial charge in [0.2, 0.25) is 5.91 Å². The Morgan fingerprint density at radius 2 is 1.74 bits per heavy atom. The number of nitrogens with one attached hydrogen (secondary N) is 2. The summed E-state index contributed by atoms with van der Waals surface area (Å²) < 4.78 is 0. The molecule has 4 heteroatoms. The van der Waals surface area contributed by atoms with Crippen molar-refractivity contribution in [3.8, 4) is 0 Å². The predicted octanol–water partition coefficient (Wildman–Crippen LogP) is 2.61. The molecule has 0 saturated heterocycles. The minimum absolute atomic E-state index is 0.00755. The fourth-order valence-corrected chi connectivity index (χ4v) is 3.00. The van der Waals surface area contributed by atoms with Crippen molar-refractivity contribution < 1.29 is 9.59 Å². The van der Waals surface area contributed by atoms with Crippen LogP contribution in [0.5, 0.6) is 0 Å². The zero-order chi connectivity index (χ0) is 16.1. The molecule has 2 N–H and O–H groups in total. The lowest BCUT2D eigenvalue weighted by atomic mass is 9.88. The minimum atomic E-state index is -0.232. The van der Waals surface area contributed by atoms with Crippen LogP contribution in [0.1, 0.15) is 40.4 Å². The molecule has 118 valence electrons. The number of carbonyl (C=O) groups is 2. The average molecular weight is 308 g/mol. The second-order valence-corrected chi connectivity index (χ2v) is 5.76. The second-order valence-electron chi connectivity index (χ2n) is 5.76. The lowest BCUT2D eigenvalue weighted by Crippen LogP contribution is -2.39. The lowest BCUT2D eigenvalue weighted by Gasteiger charge is -2.26. The molecule has 23 heavy (non-hydrogen) atoms. The molecule has 0 radical (unpaired) electrons. The fraction of sp³-hybridized carbons (Fsp3) is 0.263. The third kappa shape index (κ3) is 3.77. The van der Waals surface area contributed by atoms with Gasteiger partial charge >= 0.3 is 0 Å². The minimum Gasteiger partial charge on any atom is -0.348 e. The first-order chi connectivity index (χ1) is 11.2. The van der Waals surface area contributed by atoms with E-state index in [2.05, 4.69) is 22.8 Å². The third-order valence-electron chi connectivity index (χ3n) is 4.15. The summed E-state index contributed by atoms with van der Waals surface area (Å²) >= 11 is 0. The molecule has 0 heterocycles. The highest BCUT2D eigenvalue weighted by Gasteiger charge is 2.21. The number of amides is 2. The molecule has 0 bridgehead atoms. The van der Waals surface area contributed by atoms with Crippen molar-refractivity contribution in [2.75, 3.05) is 6.54 Å². The summed E-state index contributed by atoms with van der Waals surface area (Å²) in [5, 5.41) is 5.69. The number of fused-ring (bicyclic) bond motifs is 1. The summed E-state index contributed by atoms with van der Waals surface area (Å²) in [6.45, 7) is -0.00755. The summed E-state index contributed by atoms with van der Waals surface area (Å²) in [5.41, 5.74) is 3.06. The number of aryl methyl sites for hydroxylation is 1. The Bertz CT molecular complexity index is 698. The quantitative estimate of drug-likeness (QED) is 0.912. The Morgan fingerprint density at radius 1 is 1.00 bits per heavy atom. The SMILES string of the molecule is O=C(CNC(=O)c1ccccc1)N[C@H]1CCCc2ccccc21. The largest absolute Gasteiger partial charge is 0.348 e. The molecule has 0 spiro atoms. The lowest BCUT2D eigenvalue weighted by molar-refractivity contribution is -0.121. The molecule has 0 aromatic heterocycles. The van der Waals surface area contributed by atoms with Gasteiger partial charge in [0.1, 0.15) is 0 Å². The van der Waals surface area contributed by atoms with E-state index in [1.807, 2.05) is 18.2 Å². The Morgan fingerprint density at radius 3 is 2.57 bits per heavy atom. The van der Waals surface area contributed by atoms with Crippen molar-refractivity contribution in [2.24, 2.45) is 0 Å². The molecule has 0 unspecified atom stereocenters. The number of hydrogen-bond donors (Lipinski definition) is 2. The highest BCUT2D eigenvalue weighted by Crippen LogP contribution is 2.29. The fourth-order valence-electron chi connectivity index (χ4n) is 3.00. The number of carbonyl (C=O) groups excluding carboxylic acids is 2. The van der Waals surface area contributed by atoms with Crippen LogP contribution >= 0.6 is 0 Å². The Balaban J connectivity index is 1.55. The monoisotopic (exact) mass is 308 g/mol. The van der Waals surface area contributed by atoms with Crippen molar-refractivity contribution in [3.05, 3.63) is 71.3 Å². The summed E-state index contributed by atoms with van der Waals surface area (Å²) in [7, 11) is 0. The molecule has 4 nitrogen and oxygen atoms in total. The smallest absolute Gasteiger partial charge is 0.251 e. The first-order valence-electron chi connectivity index (χ1n) is 7.94. The molecular formula is C19H20N2O2. The van der Waals surface area contributed by atoms with Gasteiger partial charge in [0.15, 0.2) is 0 Å². The van der Waals surface area contributed by atoms with Crippen molar-refractivity contribution in [3.63, 3.8) is 0 Å². The maximum Gasteiger partial charge on any atom is 0.251 e. The second kappa shape index (κ2) is 7.09. The van der Waals surface area contributed by atoms with Crippen molar-refractivity contribution in [1.29, 1.82) is 0 Å². The maximum absolute atomic E-state index is 12.1. The van der Waals surface area contributed by atoms with E-state index in [1.165, 1.54) is 11.1 Å². The molecule has 0 aliphatic heterocycles. The molecule has 3 rings (SSSR count). The van der Waals surface area contributed by atoms with Gasteiger partial charge in [0, 0.05) is 5.56 Å². The number of rotatable bonds is 4. The molecular weight excluding hydrogens is 288 g/mol. The van der Waals surface area contributed by atoms with Gasteiger partial charge in [-0.3, -0.25) is 9.59 Å². The van der Waals surface area contributed by atoms with Gasteiger partial charge in [-0.1, -0.05) is 42.5 Å². The van der Waals surface area contributed by atoms with E-state index < -0.39 is 0 Å². The first kappa shape index (κ1) is 15.3. The van der Waals surface area contributed by atoms with Gasteiger partial charge in [-0.2, -0.15) is 0 Å². The van der Waals surface area contributed by atoms with Gasteiger partial charge in [0.25, 0.3) is 5.91 Å². The Labute approximate surface area is 135 Å². The molecule has 2 amide bonds. The van der Waals surface area contributed by atoms with Crippen molar-refractivity contribution in [2.45, 2.75) is 25.3 Å². The number of benzene rings is 2. The highest BCUT2D eigenvalue weighted by atomic mass is 16.2. The van der Waals surface area contributed by atoms with Crippen molar-refractivity contribution in [1.82, 2.24) is 10.6 Å². The molecule has 1 atom stereocenters. The topological polar surface area (TPSA) is 58.2 Å². The van der Waals surface area contributed by atoms with Crippen LogP contribution < -0.4 is 10.6 Å². The van der Waals surface area contributed by atoms with Gasteiger partial charge in [0.05, 0.1) is 12.6 Å². The third-order valence-corrected chi connectivity index (χ3v) is 4.15. The van der Waals surface area contributed by atoms with Crippen LogP contribution in [0.15, 0.2) is 54.6 Å². The maximum atomic E-state index is 12.1. The van der Waals surface area contributed by atoms with Crippen LogP contribution in [-0.2, 0) is 11.2 Å². The molecule has 2 aromatic rings. The van der Waals surface area contributed by atoms with E-state index in [0.717, 1.165) is 19.3 Å². The molecule has 1 aliphatic carbocycles. The zero-order valence-electron chi connectivity index (χ0n) is 12.9. The molecule has 0 fully saturated rings. The molecule has 0 saturated carbocycles. The molecule has 1 aliphatic rings. The summed E-state index contributed by atoms with van der Waals surface area (Å²) in [4.78, 5) is 24.1. The highest BCUT2D eigenvalue weighted by molar-refractivity contribution is 5.96. The zero-order valence-corrected chi connectivity index (χ0v) is 12.9. The van der Waals surface area contributed by atoms with Gasteiger partial charge in [-0.05, 0) is 42.5 Å². The van der Waals surface area contributed by atoms with E-state index >= 15 is 0 Å². The summed E-state index contributed by atoms with van der Waals surface area (Å²) in [5.74, 6) is -0.388. The van der Waals surface area contributed by atoms with Gasteiger partial charge in [-0.15, -0.1) is 0 Å². The average Bonchev–Trinajstić information content (AvgIpc) is 2.61. The Kier molecular flexibility index (Phi) is 4.71. The van der Waals surface area contributed by atoms with Gasteiger partial charge in [-0.25, -0.2) is 0 Å². The normalized spacial score (nSPS) is 16.3. The van der Waals surface area contributed by atoms with E-state index in [1.54, 1.807) is 24.3 Å². The van der Waals surface area contributed by atoms with Crippen LogP contribution in [0.25, 0.3) is 0 Å². The van der Waals surface area contributed by atoms with Crippen LogP contribution in [0, 0.1) is 0 Å². The summed E-state index contributed by atoms with van der Waals surface area (Å²) in [6, 6.07) is 17.2. The Hall–Kier alpha value is -2.62. The first-order valence-corrected chi connectivity index (χ1v) is 7.94. The standard InChI is InChI=1S/C19H20N2O2/c22-18(13-20-19(23)15-8-2-1-3-9-15)21-17-12-6-10-14-7-4-5-11-16(14)17/h1-5,7-9,11,17H,6,10,12-13H2,(H,20,23)(H,21,22)/t17-/m0/s1. The predicted molar refractivity (Wildman–Crippen MR) is 89.0 cm³/mol. The van der Waals surface area contributed by atoms with Gasteiger partial charge < -0.3 is 10.6 Å². The van der Waals surface area contributed by atoms with E-state index in [9.17, 15) is 9.59 Å².